The van der Waals surface area contributed by atoms with Gasteiger partial charge < -0.3 is 10.1 Å². The first-order valence-corrected chi connectivity index (χ1v) is 8.25. The summed E-state index contributed by atoms with van der Waals surface area (Å²) in [6, 6.07) is 9.31. The normalized spacial score (nSPS) is 11.3. The van der Waals surface area contributed by atoms with Crippen molar-refractivity contribution in [3.63, 3.8) is 0 Å². The first-order chi connectivity index (χ1) is 12.0. The number of imide groups is 1. The Morgan fingerprint density at radius 1 is 1.20 bits per heavy atom. The van der Waals surface area contributed by atoms with Crippen LogP contribution in [-0.2, 0) is 9.53 Å². The van der Waals surface area contributed by atoms with Crippen LogP contribution in [0, 0.1) is 0 Å². The molecule has 25 heavy (non-hydrogen) atoms. The van der Waals surface area contributed by atoms with Gasteiger partial charge in [-0.15, -0.1) is 0 Å². The molecular formula is C17H16BrN3O4. The van der Waals surface area contributed by atoms with Crippen molar-refractivity contribution in [1.82, 2.24) is 15.6 Å². The van der Waals surface area contributed by atoms with Crippen LogP contribution in [0.1, 0.15) is 28.9 Å². The molecule has 1 atom stereocenters. The van der Waals surface area contributed by atoms with Gasteiger partial charge in [0, 0.05) is 29.0 Å². The summed E-state index contributed by atoms with van der Waals surface area (Å²) in [6.45, 7) is 2.08. The number of benzene rings is 1. The molecule has 1 aromatic heterocycles. The van der Waals surface area contributed by atoms with Crippen LogP contribution in [0.2, 0.25) is 0 Å². The van der Waals surface area contributed by atoms with Crippen molar-refractivity contribution in [3.05, 3.63) is 64.4 Å². The smallest absolute Gasteiger partial charge is 0.340 e. The Kier molecular flexibility index (Phi) is 6.64. The van der Waals surface area contributed by atoms with Crippen LogP contribution in [0.25, 0.3) is 0 Å². The number of aromatic nitrogens is 1. The van der Waals surface area contributed by atoms with E-state index in [-0.39, 0.29) is 5.56 Å². The number of hydrogen-bond donors (Lipinski definition) is 2. The number of carbonyl (C=O) groups is 3. The molecule has 0 saturated heterocycles. The Balaban J connectivity index is 2.21. The summed E-state index contributed by atoms with van der Waals surface area (Å²) in [4.78, 5) is 40.2. The molecule has 2 aromatic rings. The molecule has 0 aliphatic rings. The van der Waals surface area contributed by atoms with Crippen molar-refractivity contribution in [1.29, 1.82) is 0 Å². The lowest BCUT2D eigenvalue weighted by atomic mass is 10.1. The van der Waals surface area contributed by atoms with E-state index in [1.165, 1.54) is 18.5 Å². The van der Waals surface area contributed by atoms with Crippen molar-refractivity contribution >= 4 is 33.8 Å². The summed E-state index contributed by atoms with van der Waals surface area (Å²) in [5, 5.41) is 4.60. The summed E-state index contributed by atoms with van der Waals surface area (Å²) in [7, 11) is 0. The molecule has 0 bridgehead atoms. The largest absolute Gasteiger partial charge is 0.444 e. The number of halogens is 1. The van der Waals surface area contributed by atoms with Crippen molar-refractivity contribution < 1.29 is 19.1 Å². The van der Waals surface area contributed by atoms with E-state index >= 15 is 0 Å². The first kappa shape index (κ1) is 18.6. The van der Waals surface area contributed by atoms with Crippen LogP contribution in [0.4, 0.5) is 4.79 Å². The van der Waals surface area contributed by atoms with Gasteiger partial charge in [-0.1, -0.05) is 30.3 Å². The van der Waals surface area contributed by atoms with Gasteiger partial charge in [-0.2, -0.15) is 0 Å². The Morgan fingerprint density at radius 3 is 2.56 bits per heavy atom. The number of nitrogens with zero attached hydrogens (tertiary/aromatic N) is 1. The number of amides is 3. The van der Waals surface area contributed by atoms with Crippen LogP contribution in [0.5, 0.6) is 0 Å². The molecule has 1 aromatic carbocycles. The predicted molar refractivity (Wildman–Crippen MR) is 93.8 cm³/mol. The highest BCUT2D eigenvalue weighted by Gasteiger charge is 2.27. The SMILES string of the molecule is CCNC(=O)NC(=O)[C@@H](OC(=O)c1cncc(Br)c1)c1ccccc1. The van der Waals surface area contributed by atoms with Crippen molar-refractivity contribution in [2.75, 3.05) is 6.54 Å². The monoisotopic (exact) mass is 405 g/mol. The van der Waals surface area contributed by atoms with Crippen LogP contribution in [0.3, 0.4) is 0 Å². The molecule has 8 heteroatoms. The number of ether oxygens (including phenoxy) is 1. The number of urea groups is 1. The maximum atomic E-state index is 12.4. The molecule has 130 valence electrons. The fourth-order valence-electron chi connectivity index (χ4n) is 1.98. The predicted octanol–water partition coefficient (Wildman–Crippen LogP) is 2.59. The highest BCUT2D eigenvalue weighted by Crippen LogP contribution is 2.20. The molecule has 0 aliphatic carbocycles. The van der Waals surface area contributed by atoms with Crippen LogP contribution in [0.15, 0.2) is 53.3 Å². The van der Waals surface area contributed by atoms with Crippen LogP contribution >= 0.6 is 15.9 Å². The minimum atomic E-state index is -1.27. The average Bonchev–Trinajstić information content (AvgIpc) is 2.60. The maximum Gasteiger partial charge on any atom is 0.340 e. The third kappa shape index (κ3) is 5.39. The van der Waals surface area contributed by atoms with E-state index in [1.807, 2.05) is 0 Å². The second-order valence-electron chi connectivity index (χ2n) is 4.94. The molecule has 0 radical (unpaired) electrons. The van der Waals surface area contributed by atoms with E-state index in [9.17, 15) is 14.4 Å². The second kappa shape index (κ2) is 8.93. The van der Waals surface area contributed by atoms with Crippen molar-refractivity contribution in [2.24, 2.45) is 0 Å². The zero-order chi connectivity index (χ0) is 18.2. The van der Waals surface area contributed by atoms with E-state index in [2.05, 4.69) is 31.5 Å². The lowest BCUT2D eigenvalue weighted by Gasteiger charge is -2.17. The van der Waals surface area contributed by atoms with Crippen LogP contribution in [-0.4, -0.2) is 29.4 Å². The topological polar surface area (TPSA) is 97.4 Å². The number of hydrogen-bond acceptors (Lipinski definition) is 5. The second-order valence-corrected chi connectivity index (χ2v) is 5.85. The number of rotatable bonds is 5. The molecule has 2 N–H and O–H groups in total. The zero-order valence-corrected chi connectivity index (χ0v) is 14.9. The Labute approximate surface area is 152 Å². The minimum absolute atomic E-state index is 0.182. The van der Waals surface area contributed by atoms with E-state index in [0.29, 0.717) is 16.6 Å². The van der Waals surface area contributed by atoms with Gasteiger partial charge >= 0.3 is 12.0 Å². The van der Waals surface area contributed by atoms with Gasteiger partial charge in [0.05, 0.1) is 5.56 Å². The van der Waals surface area contributed by atoms with E-state index in [0.717, 1.165) is 0 Å². The van der Waals surface area contributed by atoms with Crippen LogP contribution < -0.4 is 10.6 Å². The average molecular weight is 406 g/mol. The summed E-state index contributed by atoms with van der Waals surface area (Å²) >= 11 is 3.22. The van der Waals surface area contributed by atoms with Gasteiger partial charge in [-0.05, 0) is 28.9 Å². The molecule has 2 rings (SSSR count). The number of pyridine rings is 1. The van der Waals surface area contributed by atoms with E-state index in [1.54, 1.807) is 37.3 Å². The van der Waals surface area contributed by atoms with Gasteiger partial charge in [-0.25, -0.2) is 9.59 Å². The van der Waals surface area contributed by atoms with Gasteiger partial charge in [0.2, 0.25) is 6.10 Å². The Bertz CT molecular complexity index is 767. The number of carbonyl (C=O) groups excluding carboxylic acids is 3. The molecule has 0 aliphatic heterocycles. The Hall–Kier alpha value is -2.74. The molecule has 1 heterocycles. The van der Waals surface area contributed by atoms with Crippen molar-refractivity contribution in [2.45, 2.75) is 13.0 Å². The van der Waals surface area contributed by atoms with E-state index < -0.39 is 24.0 Å². The molecule has 7 nitrogen and oxygen atoms in total. The highest BCUT2D eigenvalue weighted by atomic mass is 79.9. The molecule has 3 amide bonds. The van der Waals surface area contributed by atoms with Gasteiger partial charge in [0.1, 0.15) is 0 Å². The fraction of sp³-hybridized carbons (Fsp3) is 0.176. The lowest BCUT2D eigenvalue weighted by Crippen LogP contribution is -2.42. The molecule has 0 fully saturated rings. The lowest BCUT2D eigenvalue weighted by molar-refractivity contribution is -0.129. The number of esters is 1. The maximum absolute atomic E-state index is 12.4. The molecule has 0 spiro atoms. The summed E-state index contributed by atoms with van der Waals surface area (Å²) in [5.74, 6) is -1.47. The zero-order valence-electron chi connectivity index (χ0n) is 13.4. The molecular weight excluding hydrogens is 390 g/mol. The number of nitrogens with one attached hydrogen (secondary N) is 2. The third-order valence-corrected chi connectivity index (χ3v) is 3.51. The quantitative estimate of drug-likeness (QED) is 0.744. The highest BCUT2D eigenvalue weighted by molar-refractivity contribution is 9.10. The summed E-state index contributed by atoms with van der Waals surface area (Å²) in [6.07, 6.45) is 1.58. The van der Waals surface area contributed by atoms with Crippen molar-refractivity contribution in [3.8, 4) is 0 Å². The van der Waals surface area contributed by atoms with Gasteiger partial charge in [0.15, 0.2) is 0 Å². The Morgan fingerprint density at radius 2 is 1.92 bits per heavy atom. The molecule has 0 unspecified atom stereocenters. The first-order valence-electron chi connectivity index (χ1n) is 7.46. The van der Waals surface area contributed by atoms with Gasteiger partial charge in [0.25, 0.3) is 5.91 Å². The summed E-state index contributed by atoms with van der Waals surface area (Å²) in [5.41, 5.74) is 0.627. The van der Waals surface area contributed by atoms with E-state index in [4.69, 9.17) is 4.74 Å². The molecule has 0 saturated carbocycles. The fourth-order valence-corrected chi connectivity index (χ4v) is 2.35. The summed E-state index contributed by atoms with van der Waals surface area (Å²) < 4.78 is 5.93. The van der Waals surface area contributed by atoms with Gasteiger partial charge in [-0.3, -0.25) is 15.1 Å². The minimum Gasteiger partial charge on any atom is -0.444 e. The third-order valence-electron chi connectivity index (χ3n) is 3.08. The standard InChI is InChI=1S/C17H16BrN3O4/c1-2-20-17(24)21-15(22)14(11-6-4-3-5-7-11)25-16(23)12-8-13(18)10-19-9-12/h3-10,14H,2H2,1H3,(H2,20,21,22,24)/t14-/m0/s1.